The van der Waals surface area contributed by atoms with Gasteiger partial charge in [-0.2, -0.15) is 0 Å². The van der Waals surface area contributed by atoms with Crippen LogP contribution in [0.25, 0.3) is 11.0 Å². The number of imidazole rings is 1. The van der Waals surface area contributed by atoms with Crippen LogP contribution in [0.2, 0.25) is 0 Å². The molecule has 0 bridgehead atoms. The number of rotatable bonds is 4. The molecule has 0 radical (unpaired) electrons. The van der Waals surface area contributed by atoms with Crippen molar-refractivity contribution in [2.45, 2.75) is 56.1 Å². The van der Waals surface area contributed by atoms with Crippen LogP contribution in [0.3, 0.4) is 0 Å². The summed E-state index contributed by atoms with van der Waals surface area (Å²) in [5.41, 5.74) is 2.60. The van der Waals surface area contributed by atoms with Gasteiger partial charge >= 0.3 is 0 Å². The summed E-state index contributed by atoms with van der Waals surface area (Å²) in [7, 11) is 0. The SMILES string of the molecule is O=C(Nc1nc2ccccc2[nH]1)[C@H]1c2ccccc2C(=O)N(C[C@H]2CCCO2)C12CCCC2. The summed E-state index contributed by atoms with van der Waals surface area (Å²) in [5.74, 6) is -0.109. The maximum Gasteiger partial charge on any atom is 0.254 e. The van der Waals surface area contributed by atoms with Gasteiger partial charge in [0.2, 0.25) is 11.9 Å². The zero-order chi connectivity index (χ0) is 22.4. The fraction of sp³-hybridized carbons (Fsp3) is 0.423. The number of nitrogens with zero attached hydrogens (tertiary/aromatic N) is 2. The maximum absolute atomic E-state index is 13.9. The Labute approximate surface area is 192 Å². The largest absolute Gasteiger partial charge is 0.376 e. The molecule has 7 nitrogen and oxygen atoms in total. The Bertz CT molecular complexity index is 1170. The highest BCUT2D eigenvalue weighted by Crippen LogP contribution is 2.51. The van der Waals surface area contributed by atoms with E-state index >= 15 is 0 Å². The van der Waals surface area contributed by atoms with Gasteiger partial charge in [-0.25, -0.2) is 4.98 Å². The fourth-order valence-corrected chi connectivity index (χ4v) is 6.13. The molecule has 33 heavy (non-hydrogen) atoms. The van der Waals surface area contributed by atoms with E-state index in [2.05, 4.69) is 15.3 Å². The minimum atomic E-state index is -0.534. The van der Waals surface area contributed by atoms with Crippen molar-refractivity contribution < 1.29 is 14.3 Å². The van der Waals surface area contributed by atoms with Crippen LogP contribution in [0, 0.1) is 0 Å². The molecule has 2 aromatic carbocycles. The second kappa shape index (κ2) is 7.99. The number of hydrogen-bond acceptors (Lipinski definition) is 4. The van der Waals surface area contributed by atoms with Crippen molar-refractivity contribution in [2.24, 2.45) is 0 Å². The molecule has 170 valence electrons. The third-order valence-electron chi connectivity index (χ3n) is 7.60. The Morgan fingerprint density at radius 3 is 2.70 bits per heavy atom. The van der Waals surface area contributed by atoms with Crippen LogP contribution < -0.4 is 5.32 Å². The maximum atomic E-state index is 13.9. The molecule has 2 amide bonds. The average molecular weight is 445 g/mol. The van der Waals surface area contributed by atoms with Crippen LogP contribution in [0.5, 0.6) is 0 Å². The first-order chi connectivity index (χ1) is 16.2. The van der Waals surface area contributed by atoms with E-state index < -0.39 is 11.5 Å². The Morgan fingerprint density at radius 1 is 1.12 bits per heavy atom. The lowest BCUT2D eigenvalue weighted by Gasteiger charge is -2.50. The van der Waals surface area contributed by atoms with Crippen LogP contribution in [-0.4, -0.2) is 51.5 Å². The van der Waals surface area contributed by atoms with E-state index in [0.717, 1.165) is 61.7 Å². The van der Waals surface area contributed by atoms with Crippen molar-refractivity contribution in [1.29, 1.82) is 0 Å². The first kappa shape index (κ1) is 20.4. The van der Waals surface area contributed by atoms with Crippen molar-refractivity contribution in [1.82, 2.24) is 14.9 Å². The molecule has 6 rings (SSSR count). The van der Waals surface area contributed by atoms with E-state index in [4.69, 9.17) is 4.74 Å². The van der Waals surface area contributed by atoms with Gasteiger partial charge in [-0.3, -0.25) is 14.9 Å². The van der Waals surface area contributed by atoms with Gasteiger partial charge in [-0.05, 0) is 49.4 Å². The molecule has 3 aromatic rings. The molecular weight excluding hydrogens is 416 g/mol. The third kappa shape index (κ3) is 3.33. The molecule has 7 heteroatoms. The number of benzene rings is 2. The molecule has 2 atom stereocenters. The number of aromatic amines is 1. The highest BCUT2D eigenvalue weighted by Gasteiger charge is 2.56. The predicted molar refractivity (Wildman–Crippen MR) is 125 cm³/mol. The quantitative estimate of drug-likeness (QED) is 0.630. The number of para-hydroxylation sites is 2. The van der Waals surface area contributed by atoms with Crippen molar-refractivity contribution >= 4 is 28.8 Å². The smallest absolute Gasteiger partial charge is 0.254 e. The van der Waals surface area contributed by atoms with Crippen molar-refractivity contribution in [3.63, 3.8) is 0 Å². The molecule has 1 saturated heterocycles. The van der Waals surface area contributed by atoms with E-state index in [9.17, 15) is 9.59 Å². The monoisotopic (exact) mass is 444 g/mol. The van der Waals surface area contributed by atoms with E-state index in [-0.39, 0.29) is 17.9 Å². The zero-order valence-electron chi connectivity index (χ0n) is 18.5. The Balaban J connectivity index is 1.41. The number of nitrogens with one attached hydrogen (secondary N) is 2. The fourth-order valence-electron chi connectivity index (χ4n) is 6.13. The number of carbonyl (C=O) groups is 2. The number of anilines is 1. The van der Waals surface area contributed by atoms with Crippen LogP contribution in [0.15, 0.2) is 48.5 Å². The summed E-state index contributed by atoms with van der Waals surface area (Å²) >= 11 is 0. The minimum Gasteiger partial charge on any atom is -0.376 e. The number of ether oxygens (including phenoxy) is 1. The number of amides is 2. The van der Waals surface area contributed by atoms with Crippen molar-refractivity contribution in [3.05, 3.63) is 59.7 Å². The van der Waals surface area contributed by atoms with Crippen LogP contribution >= 0.6 is 0 Å². The topological polar surface area (TPSA) is 87.3 Å². The Hall–Kier alpha value is -3.19. The summed E-state index contributed by atoms with van der Waals surface area (Å²) < 4.78 is 5.91. The summed E-state index contributed by atoms with van der Waals surface area (Å²) in [6.45, 7) is 1.29. The lowest BCUT2D eigenvalue weighted by molar-refractivity contribution is -0.121. The van der Waals surface area contributed by atoms with Crippen molar-refractivity contribution in [2.75, 3.05) is 18.5 Å². The molecule has 1 saturated carbocycles. The van der Waals surface area contributed by atoms with E-state index in [1.165, 1.54) is 0 Å². The second-order valence-electron chi connectivity index (χ2n) is 9.47. The first-order valence-electron chi connectivity index (χ1n) is 11.9. The number of hydrogen-bond donors (Lipinski definition) is 2. The number of H-pyrrole nitrogens is 1. The average Bonchev–Trinajstić information content (AvgIpc) is 3.58. The van der Waals surface area contributed by atoms with Gasteiger partial charge < -0.3 is 14.6 Å². The molecule has 0 unspecified atom stereocenters. The van der Waals surface area contributed by atoms with Crippen LogP contribution in [0.4, 0.5) is 5.95 Å². The molecule has 2 N–H and O–H groups in total. The Morgan fingerprint density at radius 2 is 1.91 bits per heavy atom. The molecule has 3 heterocycles. The molecule has 2 fully saturated rings. The highest BCUT2D eigenvalue weighted by atomic mass is 16.5. The first-order valence-corrected chi connectivity index (χ1v) is 11.9. The third-order valence-corrected chi connectivity index (χ3v) is 7.60. The normalized spacial score (nSPS) is 23.9. The molecule has 1 aliphatic carbocycles. The van der Waals surface area contributed by atoms with Crippen molar-refractivity contribution in [3.8, 4) is 0 Å². The summed E-state index contributed by atoms with van der Waals surface area (Å²) in [6.07, 6.45) is 5.66. The number of fused-ring (bicyclic) bond motifs is 2. The standard InChI is InChI=1S/C26H28N4O3/c31-23(29-25-27-20-11-3-4-12-21(20)28-25)22-18-9-1-2-10-19(18)24(32)30(16-17-8-7-15-33-17)26(22)13-5-6-14-26/h1-4,9-12,17,22H,5-8,13-16H2,(H2,27,28,29,31)/t17-,22-/m1/s1. The highest BCUT2D eigenvalue weighted by molar-refractivity contribution is 6.05. The summed E-state index contributed by atoms with van der Waals surface area (Å²) in [4.78, 5) is 37.4. The predicted octanol–water partition coefficient (Wildman–Crippen LogP) is 4.23. The van der Waals surface area contributed by atoms with Gasteiger partial charge in [0.05, 0.1) is 28.6 Å². The van der Waals surface area contributed by atoms with E-state index in [0.29, 0.717) is 18.1 Å². The van der Waals surface area contributed by atoms with Gasteiger partial charge in [-0.1, -0.05) is 43.2 Å². The van der Waals surface area contributed by atoms with E-state index in [1.807, 2.05) is 53.4 Å². The molecule has 1 spiro atoms. The van der Waals surface area contributed by atoms with E-state index in [1.54, 1.807) is 0 Å². The van der Waals surface area contributed by atoms with Gasteiger partial charge in [-0.15, -0.1) is 0 Å². The van der Waals surface area contributed by atoms with Crippen LogP contribution in [0.1, 0.15) is 60.4 Å². The summed E-state index contributed by atoms with van der Waals surface area (Å²) in [6, 6.07) is 15.3. The van der Waals surface area contributed by atoms with Gasteiger partial charge in [0.15, 0.2) is 0 Å². The lowest BCUT2D eigenvalue weighted by Crippen LogP contribution is -2.61. The van der Waals surface area contributed by atoms with Crippen LogP contribution in [-0.2, 0) is 9.53 Å². The molecular formula is C26H28N4O3. The second-order valence-corrected chi connectivity index (χ2v) is 9.47. The number of aromatic nitrogens is 2. The lowest BCUT2D eigenvalue weighted by atomic mass is 9.71. The number of carbonyl (C=O) groups excluding carboxylic acids is 2. The molecule has 3 aliphatic rings. The van der Waals surface area contributed by atoms with Gasteiger partial charge in [0, 0.05) is 18.7 Å². The van der Waals surface area contributed by atoms with Gasteiger partial charge in [0.25, 0.3) is 5.91 Å². The van der Waals surface area contributed by atoms with Gasteiger partial charge in [0.1, 0.15) is 0 Å². The minimum absolute atomic E-state index is 0.0239. The summed E-state index contributed by atoms with van der Waals surface area (Å²) in [5, 5.41) is 3.05. The Kier molecular flexibility index (Phi) is 4.94. The zero-order valence-corrected chi connectivity index (χ0v) is 18.5. The molecule has 1 aromatic heterocycles. The molecule has 2 aliphatic heterocycles.